The number of piperidine rings is 1. The Morgan fingerprint density at radius 2 is 2.04 bits per heavy atom. The summed E-state index contributed by atoms with van der Waals surface area (Å²) in [6, 6.07) is 6.28. The first-order valence-electron chi connectivity index (χ1n) is 10.2. The second-order valence-corrected chi connectivity index (χ2v) is 7.77. The average molecular weight is 504 g/mol. The molecule has 1 heterocycles. The number of nitrogens with one attached hydrogen (secondary N) is 2. The quantitative estimate of drug-likeness (QED) is 0.337. The van der Waals surface area contributed by atoms with E-state index in [-0.39, 0.29) is 29.8 Å². The number of methoxy groups -OCH3 is 1. The number of ether oxygens (including phenoxy) is 1. The zero-order chi connectivity index (χ0) is 19.2. The van der Waals surface area contributed by atoms with Gasteiger partial charge in [-0.15, -0.1) is 24.0 Å². The Hall–Kier alpha value is -1.09. The van der Waals surface area contributed by atoms with Gasteiger partial charge in [0.15, 0.2) is 17.5 Å². The van der Waals surface area contributed by atoms with Gasteiger partial charge in [-0.1, -0.05) is 19.4 Å². The van der Waals surface area contributed by atoms with E-state index >= 15 is 0 Å². The highest BCUT2D eigenvalue weighted by Crippen LogP contribution is 2.34. The molecule has 0 amide bonds. The number of rotatable bonds is 7. The number of guanidine groups is 1. The van der Waals surface area contributed by atoms with Crippen molar-refractivity contribution in [2.45, 2.75) is 57.7 Å². The van der Waals surface area contributed by atoms with E-state index in [1.54, 1.807) is 12.1 Å². The minimum absolute atomic E-state index is 0. The maximum absolute atomic E-state index is 13.9. The average Bonchev–Trinajstić information content (AvgIpc) is 3.40. The number of hydrogen-bond donors (Lipinski definition) is 2. The first kappa shape index (κ1) is 23.2. The van der Waals surface area contributed by atoms with E-state index in [0.29, 0.717) is 17.8 Å². The molecule has 1 aromatic rings. The molecule has 1 aliphatic carbocycles. The van der Waals surface area contributed by atoms with Gasteiger partial charge in [-0.3, -0.25) is 9.89 Å². The second kappa shape index (κ2) is 11.2. The maximum atomic E-state index is 13.9. The Morgan fingerprint density at radius 1 is 1.29 bits per heavy atom. The monoisotopic (exact) mass is 504 g/mol. The van der Waals surface area contributed by atoms with Gasteiger partial charge in [-0.25, -0.2) is 4.39 Å². The fourth-order valence-corrected chi connectivity index (χ4v) is 3.96. The van der Waals surface area contributed by atoms with Crippen molar-refractivity contribution in [3.8, 4) is 5.75 Å². The molecule has 0 spiro atoms. The van der Waals surface area contributed by atoms with Crippen LogP contribution in [0.3, 0.4) is 0 Å². The molecule has 28 heavy (non-hydrogen) atoms. The molecule has 1 aromatic carbocycles. The van der Waals surface area contributed by atoms with Gasteiger partial charge in [0.05, 0.1) is 7.11 Å². The standard InChI is InChI=1S/C21H33FN4O.HI/c1-4-5-16-13-19(16)25-21(23-2)24-17-8-10-26(11-9-17)14-15-6-7-20(27-3)18(22)12-15;/h6-7,12,16-17,19H,4-5,8-11,13-14H2,1-3H3,(H2,23,24,25);1H. The molecule has 2 aliphatic rings. The lowest BCUT2D eigenvalue weighted by Gasteiger charge is -2.33. The summed E-state index contributed by atoms with van der Waals surface area (Å²) in [5.41, 5.74) is 0.993. The number of likely N-dealkylation sites (tertiary alicyclic amines) is 1. The highest BCUT2D eigenvalue weighted by atomic mass is 127. The Kier molecular flexibility index (Phi) is 9.27. The number of benzene rings is 1. The number of halogens is 2. The Balaban J connectivity index is 0.00000280. The summed E-state index contributed by atoms with van der Waals surface area (Å²) in [4.78, 5) is 6.78. The number of aliphatic imine (C=N–C) groups is 1. The maximum Gasteiger partial charge on any atom is 0.191 e. The first-order chi connectivity index (χ1) is 13.1. The highest BCUT2D eigenvalue weighted by Gasteiger charge is 2.36. The van der Waals surface area contributed by atoms with Crippen molar-refractivity contribution in [3.05, 3.63) is 29.6 Å². The molecular formula is C21H34FIN4O. The zero-order valence-electron chi connectivity index (χ0n) is 17.2. The summed E-state index contributed by atoms with van der Waals surface area (Å²) < 4.78 is 18.9. The molecule has 2 fully saturated rings. The van der Waals surface area contributed by atoms with Crippen molar-refractivity contribution in [1.82, 2.24) is 15.5 Å². The van der Waals surface area contributed by atoms with Gasteiger partial charge >= 0.3 is 0 Å². The largest absolute Gasteiger partial charge is 0.494 e. The predicted molar refractivity (Wildman–Crippen MR) is 123 cm³/mol. The fraction of sp³-hybridized carbons (Fsp3) is 0.667. The van der Waals surface area contributed by atoms with Crippen molar-refractivity contribution in [1.29, 1.82) is 0 Å². The molecule has 0 aromatic heterocycles. The molecule has 2 unspecified atom stereocenters. The summed E-state index contributed by atoms with van der Waals surface area (Å²) in [6.45, 7) is 5.03. The van der Waals surface area contributed by atoms with Crippen molar-refractivity contribution in [2.75, 3.05) is 27.2 Å². The van der Waals surface area contributed by atoms with E-state index in [4.69, 9.17) is 4.74 Å². The van der Waals surface area contributed by atoms with Gasteiger partial charge in [-0.05, 0) is 49.3 Å². The van der Waals surface area contributed by atoms with E-state index in [9.17, 15) is 4.39 Å². The summed E-state index contributed by atoms with van der Waals surface area (Å²) in [5, 5.41) is 7.15. The minimum atomic E-state index is -0.289. The summed E-state index contributed by atoms with van der Waals surface area (Å²) in [6.07, 6.45) is 5.97. The van der Waals surface area contributed by atoms with Crippen molar-refractivity contribution in [3.63, 3.8) is 0 Å². The fourth-order valence-electron chi connectivity index (χ4n) is 3.96. The molecule has 7 heteroatoms. The SMILES string of the molecule is CCCC1CC1NC(=NC)NC1CCN(Cc2ccc(OC)c(F)c2)CC1.I. The van der Waals surface area contributed by atoms with Gasteiger partial charge in [0.2, 0.25) is 0 Å². The van der Waals surface area contributed by atoms with Crippen molar-refractivity contribution in [2.24, 2.45) is 10.9 Å². The van der Waals surface area contributed by atoms with E-state index < -0.39 is 0 Å². The number of nitrogens with zero attached hydrogens (tertiary/aromatic N) is 2. The number of hydrogen-bond acceptors (Lipinski definition) is 3. The molecule has 3 rings (SSSR count). The van der Waals surface area contributed by atoms with Crippen LogP contribution in [0.5, 0.6) is 5.75 Å². The smallest absolute Gasteiger partial charge is 0.191 e. The minimum Gasteiger partial charge on any atom is -0.494 e. The normalized spacial score (nSPS) is 23.1. The molecule has 158 valence electrons. The van der Waals surface area contributed by atoms with Crippen LogP contribution < -0.4 is 15.4 Å². The third kappa shape index (κ3) is 6.47. The lowest BCUT2D eigenvalue weighted by Crippen LogP contribution is -2.49. The van der Waals surface area contributed by atoms with Crippen molar-refractivity contribution >= 4 is 29.9 Å². The Morgan fingerprint density at radius 3 is 2.64 bits per heavy atom. The molecule has 2 N–H and O–H groups in total. The predicted octanol–water partition coefficient (Wildman–Crippen LogP) is 3.77. The van der Waals surface area contributed by atoms with Crippen LogP contribution in [0.2, 0.25) is 0 Å². The van der Waals surface area contributed by atoms with Gasteiger partial charge in [0, 0.05) is 38.8 Å². The summed E-state index contributed by atoms with van der Waals surface area (Å²) in [5.74, 6) is 1.77. The van der Waals surface area contributed by atoms with E-state index in [1.165, 1.54) is 26.4 Å². The third-order valence-corrected chi connectivity index (χ3v) is 5.68. The summed E-state index contributed by atoms with van der Waals surface area (Å²) in [7, 11) is 3.34. The first-order valence-corrected chi connectivity index (χ1v) is 10.2. The van der Waals surface area contributed by atoms with E-state index in [2.05, 4.69) is 27.4 Å². The molecule has 0 radical (unpaired) electrons. The van der Waals surface area contributed by atoms with E-state index in [1.807, 2.05) is 13.1 Å². The van der Waals surface area contributed by atoms with Crippen LogP contribution in [0.4, 0.5) is 4.39 Å². The van der Waals surface area contributed by atoms with Crippen LogP contribution in [0, 0.1) is 11.7 Å². The topological polar surface area (TPSA) is 48.9 Å². The Labute approximate surface area is 185 Å². The van der Waals surface area contributed by atoms with Crippen LogP contribution in [0.1, 0.15) is 44.6 Å². The van der Waals surface area contributed by atoms with Gasteiger partial charge in [-0.2, -0.15) is 0 Å². The lowest BCUT2D eigenvalue weighted by atomic mass is 10.0. The van der Waals surface area contributed by atoms with Gasteiger partial charge in [0.1, 0.15) is 0 Å². The van der Waals surface area contributed by atoms with E-state index in [0.717, 1.165) is 49.9 Å². The van der Waals surface area contributed by atoms with Crippen LogP contribution in [0.15, 0.2) is 23.2 Å². The molecule has 5 nitrogen and oxygen atoms in total. The molecule has 2 atom stereocenters. The van der Waals surface area contributed by atoms with Crippen molar-refractivity contribution < 1.29 is 9.13 Å². The van der Waals surface area contributed by atoms with Gasteiger partial charge < -0.3 is 15.4 Å². The molecule has 1 saturated heterocycles. The van der Waals surface area contributed by atoms with Crippen LogP contribution in [-0.4, -0.2) is 50.2 Å². The molecule has 1 saturated carbocycles. The second-order valence-electron chi connectivity index (χ2n) is 7.77. The Bertz CT molecular complexity index is 649. The molecule has 1 aliphatic heterocycles. The third-order valence-electron chi connectivity index (χ3n) is 5.68. The van der Waals surface area contributed by atoms with Crippen LogP contribution in [0.25, 0.3) is 0 Å². The summed E-state index contributed by atoms with van der Waals surface area (Å²) >= 11 is 0. The highest BCUT2D eigenvalue weighted by molar-refractivity contribution is 14.0. The van der Waals surface area contributed by atoms with Crippen LogP contribution in [-0.2, 0) is 6.54 Å². The lowest BCUT2D eigenvalue weighted by molar-refractivity contribution is 0.198. The molecule has 0 bridgehead atoms. The van der Waals surface area contributed by atoms with Crippen LogP contribution >= 0.6 is 24.0 Å². The zero-order valence-corrected chi connectivity index (χ0v) is 19.5. The van der Waals surface area contributed by atoms with Gasteiger partial charge in [0.25, 0.3) is 0 Å². The molecular weight excluding hydrogens is 470 g/mol.